The van der Waals surface area contributed by atoms with Crippen molar-refractivity contribution < 1.29 is 4.79 Å². The molecule has 2 heterocycles. The Labute approximate surface area is 173 Å². The zero-order valence-electron chi connectivity index (χ0n) is 15.7. The highest BCUT2D eigenvalue weighted by Crippen LogP contribution is 2.23. The van der Waals surface area contributed by atoms with Gasteiger partial charge in [-0.15, -0.1) is 0 Å². The molecular formula is C18H20BrN5O3S. The molecule has 0 aliphatic carbocycles. The van der Waals surface area contributed by atoms with E-state index in [2.05, 4.69) is 31.2 Å². The second-order valence-electron chi connectivity index (χ2n) is 6.07. The predicted molar refractivity (Wildman–Crippen MR) is 114 cm³/mol. The van der Waals surface area contributed by atoms with Gasteiger partial charge in [-0.1, -0.05) is 27.7 Å². The van der Waals surface area contributed by atoms with Crippen LogP contribution in [-0.2, 0) is 17.9 Å². The third kappa shape index (κ3) is 3.93. The number of carbonyl (C=O) groups is 1. The Kier molecular flexibility index (Phi) is 6.09. The number of nitrogens with zero attached hydrogens (tertiary/aromatic N) is 3. The van der Waals surface area contributed by atoms with Gasteiger partial charge < -0.3 is 10.3 Å². The third-order valence-electron chi connectivity index (χ3n) is 4.24. The molecule has 2 aromatic heterocycles. The van der Waals surface area contributed by atoms with E-state index in [4.69, 9.17) is 0 Å². The lowest BCUT2D eigenvalue weighted by Crippen LogP contribution is -2.39. The van der Waals surface area contributed by atoms with Crippen LogP contribution in [0.4, 0.5) is 5.69 Å². The van der Waals surface area contributed by atoms with E-state index >= 15 is 0 Å². The number of benzene rings is 1. The number of hydrogen-bond donors (Lipinski definition) is 2. The molecule has 0 saturated heterocycles. The van der Waals surface area contributed by atoms with Gasteiger partial charge in [0, 0.05) is 23.2 Å². The summed E-state index contributed by atoms with van der Waals surface area (Å²) in [5, 5.41) is 2.80. The normalized spacial score (nSPS) is 12.3. The van der Waals surface area contributed by atoms with Gasteiger partial charge in [-0.05, 0) is 45.0 Å². The van der Waals surface area contributed by atoms with Crippen LogP contribution in [0.25, 0.3) is 11.2 Å². The zero-order chi connectivity index (χ0) is 20.4. The fourth-order valence-corrected chi connectivity index (χ4v) is 3.83. The van der Waals surface area contributed by atoms with Gasteiger partial charge in [0.05, 0.1) is 5.25 Å². The second kappa shape index (κ2) is 8.36. The van der Waals surface area contributed by atoms with Crippen LogP contribution in [0.2, 0.25) is 0 Å². The first kappa shape index (κ1) is 20.4. The lowest BCUT2D eigenvalue weighted by molar-refractivity contribution is -0.115. The van der Waals surface area contributed by atoms with E-state index in [0.29, 0.717) is 23.0 Å². The number of aromatic amines is 1. The fourth-order valence-electron chi connectivity index (χ4n) is 2.76. The quantitative estimate of drug-likeness (QED) is 0.544. The lowest BCUT2D eigenvalue weighted by Gasteiger charge is -2.10. The van der Waals surface area contributed by atoms with E-state index in [1.165, 1.54) is 20.9 Å². The van der Waals surface area contributed by atoms with Crippen LogP contribution in [0, 0.1) is 0 Å². The minimum Gasteiger partial charge on any atom is -0.327 e. The highest BCUT2D eigenvalue weighted by Gasteiger charge is 2.20. The van der Waals surface area contributed by atoms with Gasteiger partial charge in [-0.25, -0.2) is 9.78 Å². The first-order valence-corrected chi connectivity index (χ1v) is 10.5. The van der Waals surface area contributed by atoms with Gasteiger partial charge >= 0.3 is 5.69 Å². The van der Waals surface area contributed by atoms with Gasteiger partial charge in [0.15, 0.2) is 16.3 Å². The molecule has 1 atom stereocenters. The standard InChI is InChI=1S/C18H20BrN5O3S/c1-4-23-14-13(16(26)24(5-2)18(23)27)21-17(22-14)28-10(3)15(25)20-12-8-6-11(19)7-9-12/h6-10H,4-5H2,1-3H3,(H,20,25)(H,21,22). The number of carbonyl (C=O) groups excluding carboxylic acids is 1. The number of amides is 1. The van der Waals surface area contributed by atoms with Crippen LogP contribution in [0.3, 0.4) is 0 Å². The van der Waals surface area contributed by atoms with Crippen molar-refractivity contribution in [3.8, 4) is 0 Å². The number of halogens is 1. The van der Waals surface area contributed by atoms with Crippen molar-refractivity contribution in [3.63, 3.8) is 0 Å². The molecule has 0 spiro atoms. The molecule has 0 saturated carbocycles. The van der Waals surface area contributed by atoms with E-state index in [1.54, 1.807) is 26.0 Å². The van der Waals surface area contributed by atoms with E-state index in [0.717, 1.165) is 4.47 Å². The van der Waals surface area contributed by atoms with Crippen molar-refractivity contribution in [2.45, 2.75) is 44.3 Å². The number of nitrogens with one attached hydrogen (secondary N) is 2. The summed E-state index contributed by atoms with van der Waals surface area (Å²) in [6.45, 7) is 5.99. The molecule has 8 nitrogen and oxygen atoms in total. The third-order valence-corrected chi connectivity index (χ3v) is 5.75. The van der Waals surface area contributed by atoms with Crippen LogP contribution in [0.1, 0.15) is 20.8 Å². The lowest BCUT2D eigenvalue weighted by atomic mass is 10.3. The molecule has 1 aromatic carbocycles. The molecule has 0 fully saturated rings. The Bertz CT molecular complexity index is 1130. The molecule has 0 aliphatic heterocycles. The van der Waals surface area contributed by atoms with Crippen molar-refractivity contribution in [1.82, 2.24) is 19.1 Å². The molecular weight excluding hydrogens is 446 g/mol. The SMILES string of the molecule is CCn1c(=O)c2[nH]c(SC(C)C(=O)Nc3ccc(Br)cc3)nc2n(CC)c1=O. The zero-order valence-corrected chi connectivity index (χ0v) is 18.1. The molecule has 2 N–H and O–H groups in total. The summed E-state index contributed by atoms with van der Waals surface area (Å²) in [5.41, 5.74) is 0.484. The maximum Gasteiger partial charge on any atom is 0.332 e. The minimum atomic E-state index is -0.459. The van der Waals surface area contributed by atoms with Crippen LogP contribution in [-0.4, -0.2) is 30.3 Å². The van der Waals surface area contributed by atoms with Crippen molar-refractivity contribution in [2.75, 3.05) is 5.32 Å². The largest absolute Gasteiger partial charge is 0.332 e. The van der Waals surface area contributed by atoms with Crippen LogP contribution >= 0.6 is 27.7 Å². The van der Waals surface area contributed by atoms with Gasteiger partial charge in [-0.2, -0.15) is 0 Å². The molecule has 28 heavy (non-hydrogen) atoms. The number of fused-ring (bicyclic) bond motifs is 1. The molecule has 10 heteroatoms. The summed E-state index contributed by atoms with van der Waals surface area (Å²) in [6.07, 6.45) is 0. The van der Waals surface area contributed by atoms with Crippen molar-refractivity contribution in [2.24, 2.45) is 0 Å². The summed E-state index contributed by atoms with van der Waals surface area (Å²) in [6, 6.07) is 7.28. The molecule has 1 unspecified atom stereocenters. The first-order valence-electron chi connectivity index (χ1n) is 8.82. The maximum absolute atomic E-state index is 12.5. The summed E-state index contributed by atoms with van der Waals surface area (Å²) in [5.74, 6) is -0.188. The monoisotopic (exact) mass is 465 g/mol. The number of H-pyrrole nitrogens is 1. The molecule has 0 aliphatic rings. The predicted octanol–water partition coefficient (Wildman–Crippen LogP) is 2.81. The van der Waals surface area contributed by atoms with Crippen LogP contribution in [0.15, 0.2) is 43.5 Å². The summed E-state index contributed by atoms with van der Waals surface area (Å²) in [4.78, 5) is 44.8. The smallest absolute Gasteiger partial charge is 0.327 e. The molecule has 3 rings (SSSR count). The van der Waals surface area contributed by atoms with E-state index in [9.17, 15) is 14.4 Å². The molecule has 0 radical (unpaired) electrons. The van der Waals surface area contributed by atoms with Gasteiger partial charge in [0.1, 0.15) is 0 Å². The summed E-state index contributed by atoms with van der Waals surface area (Å²) < 4.78 is 3.55. The van der Waals surface area contributed by atoms with Crippen molar-refractivity contribution in [1.29, 1.82) is 0 Å². The number of hydrogen-bond acceptors (Lipinski definition) is 5. The van der Waals surface area contributed by atoms with Crippen molar-refractivity contribution >= 4 is 50.5 Å². The minimum absolute atomic E-state index is 0.188. The number of anilines is 1. The Hall–Kier alpha value is -2.33. The average molecular weight is 466 g/mol. The Morgan fingerprint density at radius 3 is 2.46 bits per heavy atom. The van der Waals surface area contributed by atoms with E-state index < -0.39 is 10.8 Å². The number of aromatic nitrogens is 4. The number of rotatable bonds is 6. The molecule has 1 amide bonds. The maximum atomic E-state index is 12.5. The summed E-state index contributed by atoms with van der Waals surface area (Å²) in [7, 11) is 0. The van der Waals surface area contributed by atoms with E-state index in [1.807, 2.05) is 19.1 Å². The highest BCUT2D eigenvalue weighted by molar-refractivity contribution is 9.10. The average Bonchev–Trinajstić information content (AvgIpc) is 3.08. The fraction of sp³-hybridized carbons (Fsp3) is 0.333. The van der Waals surface area contributed by atoms with Gasteiger partial charge in [0.2, 0.25) is 5.91 Å². The summed E-state index contributed by atoms with van der Waals surface area (Å²) >= 11 is 4.55. The van der Waals surface area contributed by atoms with Crippen LogP contribution in [0.5, 0.6) is 0 Å². The Morgan fingerprint density at radius 1 is 1.21 bits per heavy atom. The first-order chi connectivity index (χ1) is 13.3. The molecule has 3 aromatic rings. The second-order valence-corrected chi connectivity index (χ2v) is 8.32. The van der Waals surface area contributed by atoms with E-state index in [-0.39, 0.29) is 23.7 Å². The number of imidazole rings is 1. The molecule has 0 bridgehead atoms. The number of aryl methyl sites for hydroxylation is 1. The van der Waals surface area contributed by atoms with Crippen molar-refractivity contribution in [3.05, 3.63) is 49.6 Å². The van der Waals surface area contributed by atoms with Gasteiger partial charge in [-0.3, -0.25) is 18.7 Å². The topological polar surface area (TPSA) is 102 Å². The highest BCUT2D eigenvalue weighted by atomic mass is 79.9. The number of thioether (sulfide) groups is 1. The molecule has 148 valence electrons. The Morgan fingerprint density at radius 2 is 1.86 bits per heavy atom. The van der Waals surface area contributed by atoms with Crippen LogP contribution < -0.4 is 16.6 Å². The van der Waals surface area contributed by atoms with Gasteiger partial charge in [0.25, 0.3) is 5.56 Å². The Balaban J connectivity index is 1.86.